The molecule has 0 aliphatic carbocycles. The molecule has 0 radical (unpaired) electrons. The van der Waals surface area contributed by atoms with Crippen LogP contribution in [-0.2, 0) is 20.4 Å². The molecule has 0 atom stereocenters. The van der Waals surface area contributed by atoms with Gasteiger partial charge in [0.1, 0.15) is 12.1 Å². The minimum atomic E-state index is -0.815. The molecule has 7 rings (SSSR count). The van der Waals surface area contributed by atoms with Crippen LogP contribution < -0.4 is 5.32 Å². The number of nitroso groups, excluding NO2 is 1. The number of nitrogens with one attached hydrogen (secondary N) is 1. The molecule has 2 aliphatic rings. The Labute approximate surface area is 297 Å². The van der Waals surface area contributed by atoms with Crippen molar-refractivity contribution in [3.8, 4) is 0 Å². The summed E-state index contributed by atoms with van der Waals surface area (Å²) in [5.74, 6) is -1.56. The summed E-state index contributed by atoms with van der Waals surface area (Å²) < 4.78 is 2.22. The Bertz CT molecular complexity index is 2360. The number of allylic oxidation sites excluding steroid dienone is 6. The van der Waals surface area contributed by atoms with Gasteiger partial charge in [-0.15, -0.1) is 4.91 Å². The molecule has 0 fully saturated rings. The largest absolute Gasteiger partial charge is 0.481 e. The Balaban J connectivity index is 0.000000839. The normalized spacial score (nSPS) is 16.5. The van der Waals surface area contributed by atoms with Gasteiger partial charge in [-0.05, 0) is 81.9 Å². The van der Waals surface area contributed by atoms with E-state index in [1.807, 2.05) is 30.4 Å². The highest BCUT2D eigenvalue weighted by Gasteiger charge is 2.47. The molecule has 3 N–H and O–H groups in total. The fourth-order valence-electron chi connectivity index (χ4n) is 7.55. The lowest BCUT2D eigenvalue weighted by Gasteiger charge is -2.21. The summed E-state index contributed by atoms with van der Waals surface area (Å²) in [6, 6.07) is 26.7. The third-order valence-electron chi connectivity index (χ3n) is 10.0. The van der Waals surface area contributed by atoms with Crippen molar-refractivity contribution in [3.05, 3.63) is 131 Å². The Morgan fingerprint density at radius 3 is 2.04 bits per heavy atom. The SMILES string of the molecule is CC1(C)C(/C=C/C=C/C=C2\Nc3ccc4ccc(N=O)cc4c3C2(C)C)=[N+](CCC(=O)O)c2c1c1ccccc1c1ccccc21.CCC(=O)O. The van der Waals surface area contributed by atoms with Crippen LogP contribution in [0.1, 0.15) is 58.6 Å². The third kappa shape index (κ3) is 6.34. The second-order valence-electron chi connectivity index (χ2n) is 13.9. The highest BCUT2D eigenvalue weighted by molar-refractivity contribution is 6.19. The van der Waals surface area contributed by atoms with Gasteiger partial charge in [0.15, 0.2) is 12.3 Å². The van der Waals surface area contributed by atoms with Crippen LogP contribution >= 0.6 is 0 Å². The molecule has 0 unspecified atom stereocenters. The van der Waals surface area contributed by atoms with E-state index in [1.54, 1.807) is 13.0 Å². The van der Waals surface area contributed by atoms with Crippen LogP contribution in [0.25, 0.3) is 32.3 Å². The number of carboxylic acids is 2. The predicted octanol–water partition coefficient (Wildman–Crippen LogP) is 10.3. The van der Waals surface area contributed by atoms with Gasteiger partial charge < -0.3 is 15.5 Å². The van der Waals surface area contributed by atoms with E-state index in [0.29, 0.717) is 12.2 Å². The molecule has 8 heteroatoms. The Hall–Kier alpha value is -5.89. The number of anilines is 1. The zero-order valence-corrected chi connectivity index (χ0v) is 29.5. The molecule has 0 spiro atoms. The Kier molecular flexibility index (Phi) is 9.45. The molecule has 5 aromatic rings. The van der Waals surface area contributed by atoms with E-state index in [0.717, 1.165) is 44.5 Å². The topological polar surface area (TPSA) is 119 Å². The maximum atomic E-state index is 11.8. The summed E-state index contributed by atoms with van der Waals surface area (Å²) in [4.78, 5) is 32.4. The molecule has 0 bridgehead atoms. The number of carbonyl (C=O) groups is 2. The van der Waals surface area contributed by atoms with Gasteiger partial charge in [0.25, 0.3) is 0 Å². The zero-order chi connectivity index (χ0) is 36.5. The van der Waals surface area contributed by atoms with E-state index in [-0.39, 0.29) is 23.7 Å². The first-order valence-corrected chi connectivity index (χ1v) is 17.2. The number of aliphatic carboxylic acids is 2. The van der Waals surface area contributed by atoms with Crippen LogP contribution in [0.4, 0.5) is 17.1 Å². The molecule has 0 amide bonds. The van der Waals surface area contributed by atoms with E-state index < -0.39 is 11.9 Å². The highest BCUT2D eigenvalue weighted by atomic mass is 16.4. The van der Waals surface area contributed by atoms with Crippen molar-refractivity contribution in [1.82, 2.24) is 0 Å². The van der Waals surface area contributed by atoms with Gasteiger partial charge in [-0.25, -0.2) is 0 Å². The van der Waals surface area contributed by atoms with E-state index in [9.17, 15) is 19.6 Å². The number of carboxylic acid groups (broad SMARTS) is 2. The van der Waals surface area contributed by atoms with Crippen molar-refractivity contribution in [3.63, 3.8) is 0 Å². The van der Waals surface area contributed by atoms with E-state index in [4.69, 9.17) is 5.11 Å². The first kappa shape index (κ1) is 35.0. The highest BCUT2D eigenvalue weighted by Crippen LogP contribution is 2.49. The van der Waals surface area contributed by atoms with Crippen molar-refractivity contribution in [2.24, 2.45) is 5.18 Å². The van der Waals surface area contributed by atoms with Crippen LogP contribution in [0.5, 0.6) is 0 Å². The van der Waals surface area contributed by atoms with Gasteiger partial charge in [0.2, 0.25) is 5.69 Å². The van der Waals surface area contributed by atoms with Gasteiger partial charge >= 0.3 is 11.9 Å². The average molecular weight is 681 g/mol. The number of fused-ring (bicyclic) bond motifs is 9. The fourth-order valence-corrected chi connectivity index (χ4v) is 7.55. The van der Waals surface area contributed by atoms with Crippen molar-refractivity contribution >= 4 is 67.0 Å². The second kappa shape index (κ2) is 13.8. The van der Waals surface area contributed by atoms with Crippen LogP contribution in [0, 0.1) is 4.91 Å². The molecule has 5 aromatic carbocycles. The van der Waals surface area contributed by atoms with Crippen LogP contribution in [0.15, 0.2) is 120 Å². The van der Waals surface area contributed by atoms with Gasteiger partial charge in [-0.1, -0.05) is 93.6 Å². The van der Waals surface area contributed by atoms with E-state index >= 15 is 0 Å². The fraction of sp³-hybridized carbons (Fsp3) is 0.233. The smallest absolute Gasteiger partial charge is 0.309 e. The lowest BCUT2D eigenvalue weighted by atomic mass is 9.78. The molecular weight excluding hydrogens is 638 g/mol. The number of hydrogen-bond acceptors (Lipinski definition) is 5. The van der Waals surface area contributed by atoms with Gasteiger partial charge in [0, 0.05) is 34.9 Å². The lowest BCUT2D eigenvalue weighted by Crippen LogP contribution is -2.28. The van der Waals surface area contributed by atoms with E-state index in [1.165, 1.54) is 21.7 Å². The average Bonchev–Trinajstić information content (AvgIpc) is 3.52. The molecule has 0 aromatic heterocycles. The summed E-state index contributed by atoms with van der Waals surface area (Å²) in [5.41, 5.74) is 6.41. The zero-order valence-electron chi connectivity index (χ0n) is 29.5. The van der Waals surface area contributed by atoms with Crippen molar-refractivity contribution < 1.29 is 24.4 Å². The molecule has 258 valence electrons. The number of benzene rings is 5. The molecular formula is C43H42N3O5+. The van der Waals surface area contributed by atoms with Crippen molar-refractivity contribution in [1.29, 1.82) is 0 Å². The number of hydrogen-bond donors (Lipinski definition) is 3. The standard InChI is InChI=1S/C40H35N3O3.C3H6O2/c1-39(2)33(41-32-21-19-25-18-20-26(42-46)24-31(25)36(32)39)16-6-5-7-17-34-40(3,4)37-29-14-10-8-12-27(29)28-13-9-11-15-30(28)38(37)43(34)23-22-35(44)45;1-2-3(4)5/h5-21,24H,22-23H2,1-4H3,(H,44,45);2H2,1H3,(H,4,5)/p+1. The van der Waals surface area contributed by atoms with Crippen LogP contribution in [0.2, 0.25) is 0 Å². The Morgan fingerprint density at radius 2 is 1.39 bits per heavy atom. The summed E-state index contributed by atoms with van der Waals surface area (Å²) in [6.07, 6.45) is 10.6. The quantitative estimate of drug-likeness (QED) is 0.0649. The monoisotopic (exact) mass is 680 g/mol. The number of rotatable bonds is 8. The van der Waals surface area contributed by atoms with Gasteiger partial charge in [-0.2, -0.15) is 4.58 Å². The summed E-state index contributed by atoms with van der Waals surface area (Å²) in [6.45, 7) is 10.8. The minimum Gasteiger partial charge on any atom is -0.481 e. The molecule has 0 saturated heterocycles. The minimum absolute atomic E-state index is 0.0380. The summed E-state index contributed by atoms with van der Waals surface area (Å²) >= 11 is 0. The summed E-state index contributed by atoms with van der Waals surface area (Å²) in [5, 5.41) is 30.9. The first-order valence-electron chi connectivity index (χ1n) is 17.2. The Morgan fingerprint density at radius 1 is 0.765 bits per heavy atom. The first-order chi connectivity index (χ1) is 24.4. The van der Waals surface area contributed by atoms with Crippen molar-refractivity contribution in [2.45, 2.75) is 58.3 Å². The second-order valence-corrected chi connectivity index (χ2v) is 13.9. The van der Waals surface area contributed by atoms with Gasteiger partial charge in [-0.3, -0.25) is 9.59 Å². The third-order valence-corrected chi connectivity index (χ3v) is 10.0. The molecule has 2 heterocycles. The maximum absolute atomic E-state index is 11.8. The van der Waals surface area contributed by atoms with Crippen LogP contribution in [-0.4, -0.2) is 39.0 Å². The lowest BCUT2D eigenvalue weighted by molar-refractivity contribution is -0.435. The maximum Gasteiger partial charge on any atom is 0.309 e. The van der Waals surface area contributed by atoms with Crippen molar-refractivity contribution in [2.75, 3.05) is 11.9 Å². The predicted molar refractivity (Wildman–Crippen MR) is 207 cm³/mol. The number of nitrogens with zero attached hydrogens (tertiary/aromatic N) is 2. The summed E-state index contributed by atoms with van der Waals surface area (Å²) in [7, 11) is 0. The van der Waals surface area contributed by atoms with E-state index in [2.05, 4.69) is 116 Å². The molecule has 0 saturated carbocycles. The van der Waals surface area contributed by atoms with Gasteiger partial charge in [0.05, 0.1) is 10.8 Å². The molecule has 51 heavy (non-hydrogen) atoms. The molecule has 2 aliphatic heterocycles. The molecule has 8 nitrogen and oxygen atoms in total. The van der Waals surface area contributed by atoms with Crippen LogP contribution in [0.3, 0.4) is 0 Å².